The molecule has 1 heterocycles. The largest absolute Gasteiger partial charge is 0.493 e. The Morgan fingerprint density at radius 2 is 2.35 bits per heavy atom. The van der Waals surface area contributed by atoms with Crippen molar-refractivity contribution in [3.63, 3.8) is 0 Å². The van der Waals surface area contributed by atoms with E-state index >= 15 is 0 Å². The van der Waals surface area contributed by atoms with Crippen LogP contribution < -0.4 is 15.5 Å². The summed E-state index contributed by atoms with van der Waals surface area (Å²) in [6, 6.07) is 3.65. The van der Waals surface area contributed by atoms with Gasteiger partial charge in [0.05, 0.1) is 18.0 Å². The van der Waals surface area contributed by atoms with Crippen LogP contribution in [0.1, 0.15) is 12.0 Å². The molecule has 0 spiro atoms. The Morgan fingerprint density at radius 1 is 1.53 bits per heavy atom. The number of halogens is 1. The second kappa shape index (κ2) is 5.25. The second-order valence-electron chi connectivity index (χ2n) is 3.67. The average Bonchev–Trinajstić information content (AvgIpc) is 2.38. The topological polar surface area (TPSA) is 65.9 Å². The fourth-order valence-corrected chi connectivity index (χ4v) is 1.94. The molecule has 1 aliphatic heterocycles. The van der Waals surface area contributed by atoms with Crippen molar-refractivity contribution in [2.45, 2.75) is 12.8 Å². The highest BCUT2D eigenvalue weighted by Crippen LogP contribution is 2.36. The van der Waals surface area contributed by atoms with Gasteiger partial charge in [-0.15, -0.1) is 0 Å². The molecule has 1 aromatic carbocycles. The maximum Gasteiger partial charge on any atom is 0.195 e. The van der Waals surface area contributed by atoms with Gasteiger partial charge in [-0.1, -0.05) is 0 Å². The van der Waals surface area contributed by atoms with Crippen LogP contribution in [0.4, 0.5) is 11.4 Å². The van der Waals surface area contributed by atoms with Gasteiger partial charge in [-0.3, -0.25) is 15.7 Å². The van der Waals surface area contributed by atoms with Crippen molar-refractivity contribution in [3.05, 3.63) is 17.7 Å². The lowest BCUT2D eigenvalue weighted by molar-refractivity contribution is 0.287. The maximum atomic E-state index is 9.23. The average molecular weight is 256 g/mol. The first-order valence-electron chi connectivity index (χ1n) is 5.34. The summed E-state index contributed by atoms with van der Waals surface area (Å²) < 4.78 is 5.51. The molecule has 1 aromatic rings. The molecule has 0 fully saturated rings. The van der Waals surface area contributed by atoms with Crippen LogP contribution in [-0.4, -0.2) is 24.2 Å². The molecule has 0 saturated heterocycles. The first-order chi connectivity index (χ1) is 8.26. The molecule has 0 aliphatic carbocycles. The number of hydrogen-bond donors (Lipinski definition) is 3. The number of benzene rings is 1. The Kier molecular flexibility index (Phi) is 3.71. The number of aliphatic imine (C=N–C) groups is 1. The monoisotopic (exact) mass is 255 g/mol. The van der Waals surface area contributed by atoms with E-state index in [1.165, 1.54) is 0 Å². The molecule has 0 radical (unpaired) electrons. The number of nitrogens with zero attached hydrogens (tertiary/aromatic N) is 1. The molecule has 2 rings (SSSR count). The van der Waals surface area contributed by atoms with Gasteiger partial charge < -0.3 is 10.1 Å². The molecule has 0 unspecified atom stereocenters. The second-order valence-corrected chi connectivity index (χ2v) is 4.03. The van der Waals surface area contributed by atoms with Crippen LogP contribution in [0.5, 0.6) is 5.75 Å². The van der Waals surface area contributed by atoms with Crippen molar-refractivity contribution in [1.29, 1.82) is 0 Å². The molecule has 1 aliphatic rings. The highest BCUT2D eigenvalue weighted by Gasteiger charge is 2.17. The van der Waals surface area contributed by atoms with E-state index in [0.717, 1.165) is 24.2 Å². The Morgan fingerprint density at radius 3 is 3.06 bits per heavy atom. The van der Waals surface area contributed by atoms with Gasteiger partial charge in [-0.2, -0.15) is 0 Å². The lowest BCUT2D eigenvalue weighted by Gasteiger charge is -2.22. The molecule has 0 bridgehead atoms. The smallest absolute Gasteiger partial charge is 0.195 e. The van der Waals surface area contributed by atoms with Crippen molar-refractivity contribution in [2.24, 2.45) is 4.99 Å². The van der Waals surface area contributed by atoms with E-state index in [2.05, 4.69) is 15.8 Å². The third kappa shape index (κ3) is 2.45. The standard InChI is InChI=1S/C11H14ClN3O2/c1-13-11(12)14-8-4-5-9-7(10(8)15-16)3-2-6-17-9/h4-5,15-16H,2-3,6H2,1H3,(H,13,14). The highest BCUT2D eigenvalue weighted by molar-refractivity contribution is 6.67. The van der Waals surface area contributed by atoms with Crippen molar-refractivity contribution in [3.8, 4) is 5.75 Å². The zero-order valence-electron chi connectivity index (χ0n) is 9.46. The molecule has 0 aromatic heterocycles. The van der Waals surface area contributed by atoms with Crippen LogP contribution in [0, 0.1) is 0 Å². The zero-order chi connectivity index (χ0) is 12.3. The molecule has 92 valence electrons. The number of rotatable bonds is 2. The Balaban J connectivity index is 2.39. The molecule has 6 heteroatoms. The van der Waals surface area contributed by atoms with Crippen molar-refractivity contribution in [2.75, 3.05) is 24.5 Å². The van der Waals surface area contributed by atoms with Crippen LogP contribution in [0.25, 0.3) is 0 Å². The van der Waals surface area contributed by atoms with E-state index < -0.39 is 0 Å². The Hall–Kier alpha value is -1.46. The Bertz CT molecular complexity index is 449. The number of anilines is 2. The summed E-state index contributed by atoms with van der Waals surface area (Å²) >= 11 is 5.81. The van der Waals surface area contributed by atoms with E-state index in [-0.39, 0.29) is 5.29 Å². The lowest BCUT2D eigenvalue weighted by Crippen LogP contribution is -2.13. The zero-order valence-corrected chi connectivity index (χ0v) is 10.2. The summed E-state index contributed by atoms with van der Waals surface area (Å²) in [5.74, 6) is 0.794. The SMILES string of the molecule is CN=C(Cl)Nc1ccc2c(c1NO)CCCO2. The van der Waals surface area contributed by atoms with Gasteiger partial charge in [0.25, 0.3) is 0 Å². The molecule has 0 amide bonds. The number of fused-ring (bicyclic) bond motifs is 1. The van der Waals surface area contributed by atoms with E-state index in [1.807, 2.05) is 6.07 Å². The van der Waals surface area contributed by atoms with E-state index in [9.17, 15) is 5.21 Å². The van der Waals surface area contributed by atoms with Crippen molar-refractivity contribution in [1.82, 2.24) is 0 Å². The summed E-state index contributed by atoms with van der Waals surface area (Å²) in [6.07, 6.45) is 1.79. The fraction of sp³-hybridized carbons (Fsp3) is 0.364. The van der Waals surface area contributed by atoms with E-state index in [4.69, 9.17) is 16.3 Å². The highest BCUT2D eigenvalue weighted by atomic mass is 35.5. The minimum atomic E-state index is 0.262. The number of hydrogen-bond acceptors (Lipinski definition) is 4. The van der Waals surface area contributed by atoms with Gasteiger partial charge in [0.15, 0.2) is 5.29 Å². The van der Waals surface area contributed by atoms with E-state index in [0.29, 0.717) is 18.0 Å². The normalized spacial score (nSPS) is 14.9. The molecule has 17 heavy (non-hydrogen) atoms. The summed E-state index contributed by atoms with van der Waals surface area (Å²) in [5, 5.41) is 12.4. The van der Waals surface area contributed by atoms with Crippen LogP contribution in [-0.2, 0) is 6.42 Å². The quantitative estimate of drug-likeness (QED) is 0.329. The molecular formula is C11H14ClN3O2. The molecule has 0 saturated carbocycles. The molecule has 3 N–H and O–H groups in total. The van der Waals surface area contributed by atoms with Crippen molar-refractivity contribution < 1.29 is 9.94 Å². The predicted molar refractivity (Wildman–Crippen MR) is 68.5 cm³/mol. The van der Waals surface area contributed by atoms with Gasteiger partial charge >= 0.3 is 0 Å². The summed E-state index contributed by atoms with van der Waals surface area (Å²) in [6.45, 7) is 0.710. The predicted octanol–water partition coefficient (Wildman–Crippen LogP) is 2.45. The molecule has 0 atom stereocenters. The summed E-state index contributed by atoms with van der Waals surface area (Å²) in [4.78, 5) is 3.80. The minimum absolute atomic E-state index is 0.262. The van der Waals surface area contributed by atoms with Gasteiger partial charge in [-0.25, -0.2) is 0 Å². The number of nitrogens with one attached hydrogen (secondary N) is 2. The first-order valence-corrected chi connectivity index (χ1v) is 5.72. The minimum Gasteiger partial charge on any atom is -0.493 e. The first kappa shape index (κ1) is 12.0. The van der Waals surface area contributed by atoms with Crippen LogP contribution in [0.2, 0.25) is 0 Å². The Labute approximate surface area is 104 Å². The van der Waals surface area contributed by atoms with Gasteiger partial charge in [0.1, 0.15) is 5.75 Å². The van der Waals surface area contributed by atoms with Gasteiger partial charge in [0.2, 0.25) is 0 Å². The van der Waals surface area contributed by atoms with Gasteiger partial charge in [0, 0.05) is 12.6 Å². The fourth-order valence-electron chi connectivity index (χ4n) is 1.84. The van der Waals surface area contributed by atoms with Crippen molar-refractivity contribution >= 4 is 28.3 Å². The molecule has 5 nitrogen and oxygen atoms in total. The van der Waals surface area contributed by atoms with E-state index in [1.54, 1.807) is 13.1 Å². The summed E-state index contributed by atoms with van der Waals surface area (Å²) in [5.41, 5.74) is 4.41. The maximum absolute atomic E-state index is 9.23. The van der Waals surface area contributed by atoms with Crippen LogP contribution in [0.15, 0.2) is 17.1 Å². The third-order valence-electron chi connectivity index (χ3n) is 2.64. The summed E-state index contributed by atoms with van der Waals surface area (Å²) in [7, 11) is 1.59. The number of amidine groups is 1. The van der Waals surface area contributed by atoms with Crippen LogP contribution >= 0.6 is 11.6 Å². The lowest BCUT2D eigenvalue weighted by atomic mass is 10.0. The van der Waals surface area contributed by atoms with Crippen LogP contribution in [0.3, 0.4) is 0 Å². The van der Waals surface area contributed by atoms with Gasteiger partial charge in [-0.05, 0) is 36.6 Å². The third-order valence-corrected chi connectivity index (χ3v) is 2.91. The molecular weight excluding hydrogens is 242 g/mol. The number of ether oxygens (including phenoxy) is 1.